The SMILES string of the molecule is CNC(=O)C(CCN(C(=O)CO)C(c1cc(-c2cc(F)ccc2F)cn1Cc1ccccc1)C(C)(C)C)NC(=O)C(CC(N)=O)NC(=O)C(C)N(C)C(=O)CNC(=O)Cc1ccncc1. The summed E-state index contributed by atoms with van der Waals surface area (Å²) in [6, 6.07) is 12.3. The summed E-state index contributed by atoms with van der Waals surface area (Å²) in [5.41, 5.74) is 7.00. The normalized spacial score (nSPS) is 13.1. The zero-order valence-corrected chi connectivity index (χ0v) is 37.3. The highest BCUT2D eigenvalue weighted by atomic mass is 19.1. The van der Waals surface area contributed by atoms with Crippen LogP contribution in [0.5, 0.6) is 0 Å². The summed E-state index contributed by atoms with van der Waals surface area (Å²) >= 11 is 0. The van der Waals surface area contributed by atoms with Crippen LogP contribution < -0.4 is 27.0 Å². The summed E-state index contributed by atoms with van der Waals surface area (Å²) in [4.78, 5) is 98.2. The van der Waals surface area contributed by atoms with Crippen molar-refractivity contribution in [1.29, 1.82) is 0 Å². The summed E-state index contributed by atoms with van der Waals surface area (Å²) < 4.78 is 31.5. The van der Waals surface area contributed by atoms with E-state index in [1.807, 2.05) is 55.7 Å². The second-order valence-corrected chi connectivity index (χ2v) is 16.6. The first-order chi connectivity index (χ1) is 30.7. The van der Waals surface area contributed by atoms with Crippen LogP contribution in [0, 0.1) is 17.0 Å². The predicted molar refractivity (Wildman–Crippen MR) is 236 cm³/mol. The van der Waals surface area contributed by atoms with Gasteiger partial charge in [-0.05, 0) is 66.3 Å². The molecule has 0 bridgehead atoms. The fraction of sp³-hybridized carbons (Fsp3) is 0.391. The van der Waals surface area contributed by atoms with Crippen molar-refractivity contribution in [3.05, 3.63) is 114 Å². The molecule has 65 heavy (non-hydrogen) atoms. The average molecular weight is 902 g/mol. The van der Waals surface area contributed by atoms with Crippen molar-refractivity contribution in [1.82, 2.24) is 40.6 Å². The molecule has 19 heteroatoms. The Kier molecular flexibility index (Phi) is 18.0. The van der Waals surface area contributed by atoms with Crippen LogP contribution in [-0.4, -0.2) is 118 Å². The smallest absolute Gasteiger partial charge is 0.248 e. The van der Waals surface area contributed by atoms with E-state index >= 15 is 4.39 Å². The summed E-state index contributed by atoms with van der Waals surface area (Å²) in [5, 5.41) is 20.2. The molecule has 2 aromatic carbocycles. The number of primary amides is 1. The molecule has 0 fully saturated rings. The van der Waals surface area contributed by atoms with Gasteiger partial charge in [0.25, 0.3) is 0 Å². The van der Waals surface area contributed by atoms with E-state index in [2.05, 4.69) is 26.3 Å². The number of aliphatic hydroxyl groups excluding tert-OH is 1. The third-order valence-corrected chi connectivity index (χ3v) is 10.7. The van der Waals surface area contributed by atoms with Gasteiger partial charge < -0.3 is 46.5 Å². The number of nitrogens with zero attached hydrogens (tertiary/aromatic N) is 4. The molecule has 4 rings (SSSR count). The Morgan fingerprint density at radius 1 is 0.862 bits per heavy atom. The van der Waals surface area contributed by atoms with E-state index < -0.39 is 102 Å². The van der Waals surface area contributed by atoms with E-state index in [4.69, 9.17) is 5.73 Å². The molecule has 2 aromatic heterocycles. The average Bonchev–Trinajstić information content (AvgIpc) is 3.67. The number of likely N-dealkylation sites (N-methyl/N-ethyl adjacent to an activating group) is 2. The van der Waals surface area contributed by atoms with Crippen LogP contribution in [0.3, 0.4) is 0 Å². The van der Waals surface area contributed by atoms with Crippen LogP contribution in [0.2, 0.25) is 0 Å². The maximum atomic E-state index is 15.2. The molecule has 4 atom stereocenters. The van der Waals surface area contributed by atoms with Crippen molar-refractivity contribution in [3.8, 4) is 11.1 Å². The summed E-state index contributed by atoms with van der Waals surface area (Å²) in [7, 11) is 2.63. The first-order valence-electron chi connectivity index (χ1n) is 20.9. The van der Waals surface area contributed by atoms with Gasteiger partial charge in [-0.1, -0.05) is 51.1 Å². The van der Waals surface area contributed by atoms with Gasteiger partial charge in [0.1, 0.15) is 36.4 Å². The predicted octanol–water partition coefficient (Wildman–Crippen LogP) is 1.97. The van der Waals surface area contributed by atoms with Crippen molar-refractivity contribution in [3.63, 3.8) is 0 Å². The summed E-state index contributed by atoms with van der Waals surface area (Å²) in [5.74, 6) is -6.66. The molecule has 0 radical (unpaired) electrons. The van der Waals surface area contributed by atoms with Crippen molar-refractivity contribution in [2.45, 2.75) is 77.7 Å². The van der Waals surface area contributed by atoms with E-state index in [9.17, 15) is 43.1 Å². The lowest BCUT2D eigenvalue weighted by atomic mass is 9.82. The van der Waals surface area contributed by atoms with E-state index in [1.165, 1.54) is 38.3 Å². The number of pyridine rings is 1. The first-order valence-corrected chi connectivity index (χ1v) is 20.9. The van der Waals surface area contributed by atoms with Crippen molar-refractivity contribution in [2.24, 2.45) is 11.1 Å². The van der Waals surface area contributed by atoms with Crippen LogP contribution in [0.15, 0.2) is 85.3 Å². The minimum atomic E-state index is -1.61. The van der Waals surface area contributed by atoms with Gasteiger partial charge in [-0.2, -0.15) is 0 Å². The molecule has 0 saturated carbocycles. The summed E-state index contributed by atoms with van der Waals surface area (Å²) in [6.07, 6.45) is 3.76. The second-order valence-electron chi connectivity index (χ2n) is 16.6. The second kappa shape index (κ2) is 23.1. The zero-order valence-electron chi connectivity index (χ0n) is 37.3. The third-order valence-electron chi connectivity index (χ3n) is 10.7. The highest BCUT2D eigenvalue weighted by molar-refractivity contribution is 5.96. The van der Waals surface area contributed by atoms with Crippen molar-refractivity contribution < 1.29 is 47.4 Å². The maximum Gasteiger partial charge on any atom is 0.248 e. The van der Waals surface area contributed by atoms with Crippen molar-refractivity contribution >= 4 is 41.4 Å². The number of carbonyl (C=O) groups excluding carboxylic acids is 7. The van der Waals surface area contributed by atoms with Gasteiger partial charge in [0, 0.05) is 62.6 Å². The third kappa shape index (κ3) is 14.2. The van der Waals surface area contributed by atoms with Crippen LogP contribution in [0.4, 0.5) is 8.78 Å². The molecule has 17 nitrogen and oxygen atoms in total. The zero-order chi connectivity index (χ0) is 48.0. The molecular weight excluding hydrogens is 845 g/mol. The molecule has 0 aliphatic heterocycles. The molecule has 348 valence electrons. The van der Waals surface area contributed by atoms with Gasteiger partial charge in [-0.25, -0.2) is 8.78 Å². The highest BCUT2D eigenvalue weighted by Gasteiger charge is 2.38. The number of benzene rings is 2. The molecule has 4 aromatic rings. The van der Waals surface area contributed by atoms with Gasteiger partial charge >= 0.3 is 0 Å². The van der Waals surface area contributed by atoms with E-state index in [0.29, 0.717) is 16.8 Å². The van der Waals surface area contributed by atoms with E-state index in [-0.39, 0.29) is 31.5 Å². The van der Waals surface area contributed by atoms with Crippen molar-refractivity contribution in [2.75, 3.05) is 33.8 Å². The Morgan fingerprint density at radius 2 is 1.52 bits per heavy atom. The number of aromatic nitrogens is 2. The first kappa shape index (κ1) is 50.6. The molecule has 0 saturated heterocycles. The molecule has 0 aliphatic carbocycles. The Bertz CT molecular complexity index is 2320. The number of amides is 7. The van der Waals surface area contributed by atoms with Gasteiger partial charge in [-0.15, -0.1) is 0 Å². The Balaban J connectivity index is 1.57. The lowest BCUT2D eigenvalue weighted by Crippen LogP contribution is -2.58. The lowest BCUT2D eigenvalue weighted by molar-refractivity contribution is -0.141. The number of hydrogen-bond acceptors (Lipinski definition) is 9. The molecule has 7 N–H and O–H groups in total. The van der Waals surface area contributed by atoms with Crippen LogP contribution in [0.25, 0.3) is 11.1 Å². The molecule has 4 unspecified atom stereocenters. The van der Waals surface area contributed by atoms with Crippen LogP contribution in [0.1, 0.15) is 63.4 Å². The standard InChI is InChI=1S/C46H57F2N9O8/c1-28(55(6)40(61)24-52-39(60)20-29-14-17-51-18-15-29)43(63)54-36(23-38(49)59)45(65)53-35(44(64)50-5)16-19-57(41(62)27-58)42(46(2,3)4)37-21-31(33-22-32(47)12-13-34(33)48)26-56(37)25-30-10-8-7-9-11-30/h7-15,17-18,21-22,26,28,35-36,42,58H,16,19-20,23-25,27H2,1-6H3,(H2,49,59)(H,50,64)(H,52,60)(H,53,65)(H,54,63). The molecule has 2 heterocycles. The Morgan fingerprint density at radius 3 is 2.14 bits per heavy atom. The van der Waals surface area contributed by atoms with E-state index in [0.717, 1.165) is 28.7 Å². The van der Waals surface area contributed by atoms with Crippen LogP contribution >= 0.6 is 0 Å². The number of aliphatic hydroxyl groups is 1. The highest BCUT2D eigenvalue weighted by Crippen LogP contribution is 2.41. The minimum absolute atomic E-state index is 0.00640. The van der Waals surface area contributed by atoms with Gasteiger partial charge in [0.05, 0.1) is 25.4 Å². The number of nitrogens with two attached hydrogens (primary N) is 1. The summed E-state index contributed by atoms with van der Waals surface area (Å²) in [6.45, 7) is 5.55. The fourth-order valence-electron chi connectivity index (χ4n) is 7.23. The monoisotopic (exact) mass is 901 g/mol. The van der Waals surface area contributed by atoms with E-state index in [1.54, 1.807) is 24.4 Å². The number of nitrogens with one attached hydrogen (secondary N) is 4. The molecular formula is C46H57F2N9O8. The Hall–Kier alpha value is -7.02. The molecule has 7 amide bonds. The quantitative estimate of drug-likeness (QED) is 0.0716. The van der Waals surface area contributed by atoms with Crippen LogP contribution in [-0.2, 0) is 46.5 Å². The fourth-order valence-corrected chi connectivity index (χ4v) is 7.23. The number of carbonyl (C=O) groups is 7. The van der Waals surface area contributed by atoms with Gasteiger partial charge in [-0.3, -0.25) is 38.5 Å². The topological polar surface area (TPSA) is 238 Å². The Labute approximate surface area is 376 Å². The molecule has 0 spiro atoms. The number of hydrogen-bond donors (Lipinski definition) is 6. The molecule has 0 aliphatic rings. The number of rotatable bonds is 21. The largest absolute Gasteiger partial charge is 0.387 e. The number of halogens is 2. The lowest BCUT2D eigenvalue weighted by Gasteiger charge is -2.41. The van der Waals surface area contributed by atoms with Gasteiger partial charge in [0.2, 0.25) is 41.4 Å². The van der Waals surface area contributed by atoms with Gasteiger partial charge in [0.15, 0.2) is 0 Å². The minimum Gasteiger partial charge on any atom is -0.387 e. The maximum absolute atomic E-state index is 15.2.